The van der Waals surface area contributed by atoms with Crippen molar-refractivity contribution in [1.29, 1.82) is 5.26 Å². The van der Waals surface area contributed by atoms with Crippen LogP contribution in [0.5, 0.6) is 0 Å². The highest BCUT2D eigenvalue weighted by Gasteiger charge is 2.44. The van der Waals surface area contributed by atoms with Gasteiger partial charge < -0.3 is 10.0 Å². The van der Waals surface area contributed by atoms with Gasteiger partial charge in [0.05, 0.1) is 16.7 Å². The minimum atomic E-state index is -0.727. The van der Waals surface area contributed by atoms with Crippen molar-refractivity contribution < 1.29 is 9.90 Å². The summed E-state index contributed by atoms with van der Waals surface area (Å²) < 4.78 is 0.751. The average Bonchev–Trinajstić information content (AvgIpc) is 2.84. The molecule has 0 radical (unpaired) electrons. The third-order valence-corrected chi connectivity index (χ3v) is 4.64. The molecule has 1 aliphatic heterocycles. The van der Waals surface area contributed by atoms with Crippen molar-refractivity contribution in [2.24, 2.45) is 5.41 Å². The van der Waals surface area contributed by atoms with Gasteiger partial charge in [-0.2, -0.15) is 5.26 Å². The molecular weight excluding hydrogens is 320 g/mol. The van der Waals surface area contributed by atoms with Crippen molar-refractivity contribution in [3.8, 4) is 6.07 Å². The maximum Gasteiger partial charge on any atom is 0.311 e. The summed E-state index contributed by atoms with van der Waals surface area (Å²) in [6.07, 6.45) is 2.16. The summed E-state index contributed by atoms with van der Waals surface area (Å²) in [5.74, 6) is -0.727. The van der Waals surface area contributed by atoms with Crippen LogP contribution in [-0.2, 0) is 4.79 Å². The fourth-order valence-electron chi connectivity index (χ4n) is 2.93. The highest BCUT2D eigenvalue weighted by molar-refractivity contribution is 9.10. The zero-order valence-electron chi connectivity index (χ0n) is 11.4. The smallest absolute Gasteiger partial charge is 0.311 e. The normalized spacial score (nSPS) is 21.8. The van der Waals surface area contributed by atoms with Gasteiger partial charge in [0.2, 0.25) is 0 Å². The standard InChI is InChI=1S/C15H17BrN2O2/c1-2-6-15(14(19)20)7-8-18(10-15)13-5-3-4-12(16)11(13)9-17/h3-5H,2,6-8,10H2,1H3,(H,19,20). The van der Waals surface area contributed by atoms with E-state index in [0.717, 1.165) is 16.6 Å². The fourth-order valence-corrected chi connectivity index (χ4v) is 3.37. The molecule has 1 saturated heterocycles. The van der Waals surface area contributed by atoms with Crippen LogP contribution >= 0.6 is 15.9 Å². The maximum absolute atomic E-state index is 11.6. The van der Waals surface area contributed by atoms with Crippen LogP contribution in [0.2, 0.25) is 0 Å². The number of hydrogen-bond acceptors (Lipinski definition) is 3. The summed E-state index contributed by atoms with van der Waals surface area (Å²) in [5, 5.41) is 18.8. The Hall–Kier alpha value is -1.54. The third kappa shape index (κ3) is 2.53. The minimum absolute atomic E-state index is 0.474. The molecule has 1 aliphatic rings. The summed E-state index contributed by atoms with van der Waals surface area (Å²) in [4.78, 5) is 13.6. The van der Waals surface area contributed by atoms with Gasteiger partial charge in [-0.3, -0.25) is 4.79 Å². The molecule has 0 saturated carbocycles. The zero-order valence-corrected chi connectivity index (χ0v) is 13.0. The fraction of sp³-hybridized carbons (Fsp3) is 0.467. The van der Waals surface area contributed by atoms with E-state index in [1.54, 1.807) is 0 Å². The lowest BCUT2D eigenvalue weighted by Gasteiger charge is -2.25. The van der Waals surface area contributed by atoms with Crippen LogP contribution in [0.25, 0.3) is 0 Å². The molecule has 0 amide bonds. The molecule has 2 rings (SSSR count). The lowest BCUT2D eigenvalue weighted by molar-refractivity contribution is -0.148. The number of nitrogens with zero attached hydrogens (tertiary/aromatic N) is 2. The van der Waals surface area contributed by atoms with Gasteiger partial charge in [-0.25, -0.2) is 0 Å². The SMILES string of the molecule is CCCC1(C(=O)O)CCN(c2cccc(Br)c2C#N)C1. The molecule has 20 heavy (non-hydrogen) atoms. The van der Waals surface area contributed by atoms with Crippen molar-refractivity contribution in [3.63, 3.8) is 0 Å². The molecule has 1 aromatic rings. The first-order valence-corrected chi connectivity index (χ1v) is 7.50. The van der Waals surface area contributed by atoms with E-state index < -0.39 is 11.4 Å². The third-order valence-electron chi connectivity index (χ3n) is 3.98. The maximum atomic E-state index is 11.6. The Morgan fingerprint density at radius 3 is 2.95 bits per heavy atom. The van der Waals surface area contributed by atoms with E-state index in [4.69, 9.17) is 0 Å². The Morgan fingerprint density at radius 1 is 1.60 bits per heavy atom. The van der Waals surface area contributed by atoms with Crippen molar-refractivity contribution in [2.45, 2.75) is 26.2 Å². The molecule has 5 heteroatoms. The average molecular weight is 337 g/mol. The van der Waals surface area contributed by atoms with Crippen molar-refractivity contribution in [3.05, 3.63) is 28.2 Å². The van der Waals surface area contributed by atoms with Crippen LogP contribution in [0.1, 0.15) is 31.7 Å². The number of carboxylic acids is 1. The predicted molar refractivity (Wildman–Crippen MR) is 80.7 cm³/mol. The van der Waals surface area contributed by atoms with Crippen LogP contribution in [0, 0.1) is 16.7 Å². The molecule has 1 aromatic carbocycles. The number of nitriles is 1. The molecular formula is C15H17BrN2O2. The molecule has 106 valence electrons. The molecule has 1 unspecified atom stereocenters. The Morgan fingerprint density at radius 2 is 2.35 bits per heavy atom. The zero-order chi connectivity index (χ0) is 14.8. The summed E-state index contributed by atoms with van der Waals surface area (Å²) in [7, 11) is 0. The van der Waals surface area contributed by atoms with Gasteiger partial charge in [0, 0.05) is 17.6 Å². The van der Waals surface area contributed by atoms with Crippen LogP contribution in [-0.4, -0.2) is 24.2 Å². The number of carboxylic acid groups (broad SMARTS) is 1. The predicted octanol–water partition coefficient (Wildman–Crippen LogP) is 3.40. The van der Waals surface area contributed by atoms with Gasteiger partial charge in [-0.1, -0.05) is 19.4 Å². The number of halogens is 1. The van der Waals surface area contributed by atoms with Crippen LogP contribution in [0.3, 0.4) is 0 Å². The number of hydrogen-bond donors (Lipinski definition) is 1. The van der Waals surface area contributed by atoms with E-state index in [1.165, 1.54) is 0 Å². The first kappa shape index (κ1) is 14.9. The molecule has 1 N–H and O–H groups in total. The number of aliphatic carboxylic acids is 1. The summed E-state index contributed by atoms with van der Waals surface area (Å²) in [6.45, 7) is 3.16. The minimum Gasteiger partial charge on any atom is -0.481 e. The number of benzene rings is 1. The molecule has 0 bridgehead atoms. The van der Waals surface area contributed by atoms with Crippen LogP contribution in [0.4, 0.5) is 5.69 Å². The second-order valence-corrected chi connectivity index (χ2v) is 6.11. The first-order valence-electron chi connectivity index (χ1n) is 6.71. The van der Waals surface area contributed by atoms with Gasteiger partial charge in [0.1, 0.15) is 6.07 Å². The Balaban J connectivity index is 2.32. The lowest BCUT2D eigenvalue weighted by atomic mass is 9.83. The quantitative estimate of drug-likeness (QED) is 0.915. The molecule has 4 nitrogen and oxygen atoms in total. The van der Waals surface area contributed by atoms with Gasteiger partial charge >= 0.3 is 5.97 Å². The van der Waals surface area contributed by atoms with Crippen molar-refractivity contribution >= 4 is 27.6 Å². The number of carbonyl (C=O) groups is 1. The van der Waals surface area contributed by atoms with Gasteiger partial charge in [-0.15, -0.1) is 0 Å². The van der Waals surface area contributed by atoms with Crippen LogP contribution in [0.15, 0.2) is 22.7 Å². The van der Waals surface area contributed by atoms with E-state index in [9.17, 15) is 15.2 Å². The molecule has 0 aromatic heterocycles. The molecule has 1 atom stereocenters. The largest absolute Gasteiger partial charge is 0.481 e. The van der Waals surface area contributed by atoms with Gasteiger partial charge in [-0.05, 0) is 40.9 Å². The summed E-state index contributed by atoms with van der Waals surface area (Å²) in [5.41, 5.74) is 0.718. The molecule has 1 heterocycles. The highest BCUT2D eigenvalue weighted by atomic mass is 79.9. The number of rotatable bonds is 4. The van der Waals surface area contributed by atoms with Gasteiger partial charge in [0.15, 0.2) is 0 Å². The Bertz CT molecular complexity index is 567. The Labute approximate surface area is 127 Å². The van der Waals surface area contributed by atoms with Crippen molar-refractivity contribution in [1.82, 2.24) is 0 Å². The first-order chi connectivity index (χ1) is 9.54. The van der Waals surface area contributed by atoms with E-state index in [1.807, 2.05) is 30.0 Å². The molecule has 1 fully saturated rings. The molecule has 0 spiro atoms. The van der Waals surface area contributed by atoms with Crippen molar-refractivity contribution in [2.75, 3.05) is 18.0 Å². The molecule has 0 aliphatic carbocycles. The van der Waals surface area contributed by atoms with E-state index in [0.29, 0.717) is 31.5 Å². The topological polar surface area (TPSA) is 64.3 Å². The second-order valence-electron chi connectivity index (χ2n) is 5.25. The Kier molecular flexibility index (Phi) is 4.34. The van der Waals surface area contributed by atoms with E-state index in [2.05, 4.69) is 22.0 Å². The van der Waals surface area contributed by atoms with E-state index >= 15 is 0 Å². The monoisotopic (exact) mass is 336 g/mol. The second kappa shape index (κ2) is 5.84. The number of anilines is 1. The summed E-state index contributed by atoms with van der Waals surface area (Å²) in [6, 6.07) is 7.78. The van der Waals surface area contributed by atoms with E-state index in [-0.39, 0.29) is 0 Å². The van der Waals surface area contributed by atoms with Gasteiger partial charge in [0.25, 0.3) is 0 Å². The lowest BCUT2D eigenvalue weighted by Crippen LogP contribution is -2.34. The highest BCUT2D eigenvalue weighted by Crippen LogP contribution is 2.39. The summed E-state index contributed by atoms with van der Waals surface area (Å²) >= 11 is 3.38. The van der Waals surface area contributed by atoms with Crippen LogP contribution < -0.4 is 4.90 Å².